The molecule has 1 heterocycles. The fourth-order valence-corrected chi connectivity index (χ4v) is 2.93. The first-order chi connectivity index (χ1) is 12.3. The molecule has 1 amide bonds. The molecule has 0 fully saturated rings. The Labute approximate surface area is 149 Å². The fraction of sp³-hybridized carbons (Fsp3) is 0.111. The molecule has 0 saturated carbocycles. The molecule has 0 aliphatic heterocycles. The summed E-state index contributed by atoms with van der Waals surface area (Å²) < 4.78 is 1.60. The minimum absolute atomic E-state index is 0.106. The second kappa shape index (κ2) is 8.25. The largest absolute Gasteiger partial charge is 0.325 e. The van der Waals surface area contributed by atoms with Gasteiger partial charge in [-0.15, -0.1) is 11.7 Å². The number of anilines is 1. The van der Waals surface area contributed by atoms with Crippen molar-refractivity contribution in [3.05, 3.63) is 67.3 Å². The van der Waals surface area contributed by atoms with Gasteiger partial charge < -0.3 is 5.32 Å². The first-order valence-corrected chi connectivity index (χ1v) is 8.70. The molecule has 0 radical (unpaired) electrons. The fourth-order valence-electron chi connectivity index (χ4n) is 2.24. The van der Waals surface area contributed by atoms with Gasteiger partial charge in [0.2, 0.25) is 11.1 Å². The maximum Gasteiger partial charge on any atom is 0.234 e. The predicted molar refractivity (Wildman–Crippen MR) is 99.2 cm³/mol. The van der Waals surface area contributed by atoms with E-state index in [4.69, 9.17) is 0 Å². The molecule has 0 saturated heterocycles. The predicted octanol–water partition coefficient (Wildman–Crippen LogP) is 3.26. The van der Waals surface area contributed by atoms with Crippen molar-refractivity contribution in [1.82, 2.24) is 20.2 Å². The summed E-state index contributed by atoms with van der Waals surface area (Å²) in [6.07, 6.45) is 1.70. The van der Waals surface area contributed by atoms with Gasteiger partial charge in [0.1, 0.15) is 0 Å². The summed E-state index contributed by atoms with van der Waals surface area (Å²) >= 11 is 1.29. The number of tetrazole rings is 1. The summed E-state index contributed by atoms with van der Waals surface area (Å²) in [5, 5.41) is 14.8. The minimum Gasteiger partial charge on any atom is -0.325 e. The van der Waals surface area contributed by atoms with Crippen LogP contribution in [0.1, 0.15) is 0 Å². The molecule has 3 rings (SSSR count). The van der Waals surface area contributed by atoms with Gasteiger partial charge in [0, 0.05) is 5.69 Å². The van der Waals surface area contributed by atoms with Crippen molar-refractivity contribution in [2.75, 3.05) is 11.1 Å². The quantitative estimate of drug-likeness (QED) is 0.522. The first-order valence-electron chi connectivity index (χ1n) is 7.71. The summed E-state index contributed by atoms with van der Waals surface area (Å²) in [7, 11) is 0. The molecular formula is C18H17N5OS. The van der Waals surface area contributed by atoms with Crippen LogP contribution in [0.4, 0.5) is 5.69 Å². The molecule has 0 aliphatic rings. The normalized spacial score (nSPS) is 10.4. The van der Waals surface area contributed by atoms with Crippen LogP contribution in [-0.2, 0) is 11.3 Å². The molecule has 0 bridgehead atoms. The molecule has 0 atom stereocenters. The van der Waals surface area contributed by atoms with E-state index in [-0.39, 0.29) is 11.7 Å². The number of thioether (sulfide) groups is 1. The van der Waals surface area contributed by atoms with Crippen LogP contribution in [0.2, 0.25) is 0 Å². The van der Waals surface area contributed by atoms with E-state index in [1.54, 1.807) is 10.8 Å². The lowest BCUT2D eigenvalue weighted by Gasteiger charge is -2.07. The van der Waals surface area contributed by atoms with E-state index in [0.717, 1.165) is 16.8 Å². The maximum absolute atomic E-state index is 12.1. The van der Waals surface area contributed by atoms with E-state index in [0.29, 0.717) is 11.7 Å². The zero-order valence-corrected chi connectivity index (χ0v) is 14.3. The molecule has 126 valence electrons. The lowest BCUT2D eigenvalue weighted by atomic mass is 10.1. The molecule has 7 heteroatoms. The third kappa shape index (κ3) is 4.54. The smallest absolute Gasteiger partial charge is 0.234 e. The van der Waals surface area contributed by atoms with E-state index in [1.165, 1.54) is 11.8 Å². The summed E-state index contributed by atoms with van der Waals surface area (Å²) in [6, 6.07) is 17.9. The number of carbonyl (C=O) groups excluding carboxylic acids is 1. The van der Waals surface area contributed by atoms with Crippen LogP contribution >= 0.6 is 11.8 Å². The molecule has 2 aromatic carbocycles. The third-order valence-corrected chi connectivity index (χ3v) is 4.37. The number of rotatable bonds is 7. The Morgan fingerprint density at radius 2 is 1.84 bits per heavy atom. The van der Waals surface area contributed by atoms with Crippen molar-refractivity contribution in [1.29, 1.82) is 0 Å². The number of nitrogens with zero attached hydrogens (tertiary/aromatic N) is 4. The van der Waals surface area contributed by atoms with Crippen molar-refractivity contribution < 1.29 is 4.79 Å². The van der Waals surface area contributed by atoms with E-state index in [2.05, 4.69) is 39.6 Å². The Kier molecular flexibility index (Phi) is 5.58. The molecule has 0 spiro atoms. The molecular weight excluding hydrogens is 334 g/mol. The Balaban J connectivity index is 1.56. The summed E-state index contributed by atoms with van der Waals surface area (Å²) in [5.74, 6) is 0.128. The Bertz CT molecular complexity index is 845. The van der Waals surface area contributed by atoms with Crippen LogP contribution in [0.15, 0.2) is 72.4 Å². The second-order valence-electron chi connectivity index (χ2n) is 5.21. The van der Waals surface area contributed by atoms with Gasteiger partial charge in [-0.25, -0.2) is 4.68 Å². The topological polar surface area (TPSA) is 72.7 Å². The SMILES string of the molecule is C=CCn1nnnc1SCC(=O)Nc1ccc(-c2ccccc2)cc1. The highest BCUT2D eigenvalue weighted by Gasteiger charge is 2.09. The highest BCUT2D eigenvalue weighted by molar-refractivity contribution is 7.99. The molecule has 1 N–H and O–H groups in total. The van der Waals surface area contributed by atoms with E-state index < -0.39 is 0 Å². The van der Waals surface area contributed by atoms with Crippen molar-refractivity contribution in [2.24, 2.45) is 0 Å². The van der Waals surface area contributed by atoms with E-state index in [9.17, 15) is 4.79 Å². The molecule has 3 aromatic rings. The number of benzene rings is 2. The van der Waals surface area contributed by atoms with Crippen molar-refractivity contribution in [2.45, 2.75) is 11.7 Å². The van der Waals surface area contributed by atoms with Crippen LogP contribution in [0.25, 0.3) is 11.1 Å². The van der Waals surface area contributed by atoms with E-state index >= 15 is 0 Å². The molecule has 1 aromatic heterocycles. The van der Waals surface area contributed by atoms with Gasteiger partial charge >= 0.3 is 0 Å². The van der Waals surface area contributed by atoms with Crippen molar-refractivity contribution >= 4 is 23.4 Å². The lowest BCUT2D eigenvalue weighted by molar-refractivity contribution is -0.113. The number of allylic oxidation sites excluding steroid dienone is 1. The molecule has 0 aliphatic carbocycles. The van der Waals surface area contributed by atoms with Gasteiger partial charge in [0.15, 0.2) is 0 Å². The zero-order valence-electron chi connectivity index (χ0n) is 13.5. The Morgan fingerprint density at radius 3 is 2.56 bits per heavy atom. The minimum atomic E-state index is -0.106. The Morgan fingerprint density at radius 1 is 1.12 bits per heavy atom. The van der Waals surface area contributed by atoms with Crippen LogP contribution in [0.5, 0.6) is 0 Å². The third-order valence-electron chi connectivity index (χ3n) is 3.41. The number of amides is 1. The highest BCUT2D eigenvalue weighted by Crippen LogP contribution is 2.21. The maximum atomic E-state index is 12.1. The van der Waals surface area contributed by atoms with Gasteiger partial charge in [-0.1, -0.05) is 60.3 Å². The highest BCUT2D eigenvalue weighted by atomic mass is 32.2. The standard InChI is InChI=1S/C18H17N5OS/c1-2-12-23-18(20-21-22-23)25-13-17(24)19-16-10-8-15(9-11-16)14-6-4-3-5-7-14/h2-11H,1,12-13H2,(H,19,24). The Hall–Kier alpha value is -2.93. The lowest BCUT2D eigenvalue weighted by Crippen LogP contribution is -2.14. The number of hydrogen-bond donors (Lipinski definition) is 1. The van der Waals surface area contributed by atoms with Gasteiger partial charge in [0.25, 0.3) is 0 Å². The number of aromatic nitrogens is 4. The number of hydrogen-bond acceptors (Lipinski definition) is 5. The summed E-state index contributed by atoms with van der Waals surface area (Å²) in [4.78, 5) is 12.1. The van der Waals surface area contributed by atoms with Gasteiger partial charge in [-0.05, 0) is 33.7 Å². The zero-order chi connectivity index (χ0) is 17.5. The number of nitrogens with one attached hydrogen (secondary N) is 1. The molecule has 0 unspecified atom stereocenters. The van der Waals surface area contributed by atoms with Crippen LogP contribution in [-0.4, -0.2) is 31.9 Å². The second-order valence-corrected chi connectivity index (χ2v) is 6.15. The molecule has 25 heavy (non-hydrogen) atoms. The van der Waals surface area contributed by atoms with Crippen LogP contribution < -0.4 is 5.32 Å². The van der Waals surface area contributed by atoms with Gasteiger partial charge in [0.05, 0.1) is 12.3 Å². The average Bonchev–Trinajstić information content (AvgIpc) is 3.09. The van der Waals surface area contributed by atoms with E-state index in [1.807, 2.05) is 42.5 Å². The summed E-state index contributed by atoms with van der Waals surface area (Å²) in [6.45, 7) is 4.16. The average molecular weight is 351 g/mol. The van der Waals surface area contributed by atoms with Gasteiger partial charge in [-0.3, -0.25) is 4.79 Å². The summed E-state index contributed by atoms with van der Waals surface area (Å²) in [5.41, 5.74) is 3.01. The van der Waals surface area contributed by atoms with Crippen molar-refractivity contribution in [3.63, 3.8) is 0 Å². The first kappa shape index (κ1) is 16.9. The van der Waals surface area contributed by atoms with Crippen molar-refractivity contribution in [3.8, 4) is 11.1 Å². The van der Waals surface area contributed by atoms with Crippen LogP contribution in [0, 0.1) is 0 Å². The van der Waals surface area contributed by atoms with Crippen LogP contribution in [0.3, 0.4) is 0 Å². The molecule has 6 nitrogen and oxygen atoms in total. The number of carbonyl (C=O) groups is 1. The monoisotopic (exact) mass is 351 g/mol. The van der Waals surface area contributed by atoms with Gasteiger partial charge in [-0.2, -0.15) is 0 Å².